The zero-order chi connectivity index (χ0) is 19.1. The lowest BCUT2D eigenvalue weighted by Gasteiger charge is -2.37. The Balaban J connectivity index is 2.15. The molecule has 138 valence electrons. The van der Waals surface area contributed by atoms with Crippen LogP contribution in [0.1, 0.15) is 0 Å². The highest BCUT2D eigenvalue weighted by Crippen LogP contribution is 2.34. The lowest BCUT2D eigenvalue weighted by atomic mass is 10.3. The third-order valence-electron chi connectivity index (χ3n) is 3.90. The van der Waals surface area contributed by atoms with Crippen molar-refractivity contribution in [1.82, 2.24) is 0 Å². The fraction of sp³-hybridized carbons (Fsp3) is 0.200. The molecule has 1 fully saturated rings. The smallest absolute Gasteiger partial charge is 0.261 e. The Morgan fingerprint density at radius 1 is 1.08 bits per heavy atom. The minimum atomic E-state index is -4.37. The zero-order valence-electron chi connectivity index (χ0n) is 13.1. The summed E-state index contributed by atoms with van der Waals surface area (Å²) in [4.78, 5) is 9.95. The van der Waals surface area contributed by atoms with Crippen LogP contribution in [0.3, 0.4) is 0 Å². The van der Waals surface area contributed by atoms with Gasteiger partial charge in [-0.1, -0.05) is 23.7 Å². The molecular formula is C15H13ClN2O6S2. The monoisotopic (exact) mass is 416 g/mol. The molecule has 1 aliphatic heterocycles. The summed E-state index contributed by atoms with van der Waals surface area (Å²) in [7, 11) is -7.70. The van der Waals surface area contributed by atoms with Gasteiger partial charge in [-0.15, -0.1) is 0 Å². The molecule has 0 aromatic heterocycles. The van der Waals surface area contributed by atoms with Gasteiger partial charge in [-0.25, -0.2) is 16.8 Å². The minimum absolute atomic E-state index is 0.187. The van der Waals surface area contributed by atoms with E-state index in [0.29, 0.717) is 5.02 Å². The van der Waals surface area contributed by atoms with Gasteiger partial charge >= 0.3 is 0 Å². The summed E-state index contributed by atoms with van der Waals surface area (Å²) >= 11 is 5.83. The lowest BCUT2D eigenvalue weighted by molar-refractivity contribution is -0.387. The molecule has 1 heterocycles. The number of rotatable bonds is 5. The second kappa shape index (κ2) is 6.53. The van der Waals surface area contributed by atoms with Gasteiger partial charge in [0.05, 0.1) is 28.2 Å². The molecule has 0 aliphatic carbocycles. The summed E-state index contributed by atoms with van der Waals surface area (Å²) in [6.45, 7) is 0. The topological polar surface area (TPSA) is 115 Å². The Labute approximate surface area is 155 Å². The van der Waals surface area contributed by atoms with Gasteiger partial charge in [0, 0.05) is 11.1 Å². The van der Waals surface area contributed by atoms with Crippen molar-refractivity contribution in [2.75, 3.05) is 15.8 Å². The van der Waals surface area contributed by atoms with E-state index in [1.54, 1.807) is 0 Å². The zero-order valence-corrected chi connectivity index (χ0v) is 15.5. The Kier molecular flexibility index (Phi) is 4.67. The van der Waals surface area contributed by atoms with Crippen LogP contribution >= 0.6 is 11.6 Å². The molecule has 8 nitrogen and oxygen atoms in total. The maximum atomic E-state index is 13.2. The van der Waals surface area contributed by atoms with Gasteiger partial charge < -0.3 is 0 Å². The van der Waals surface area contributed by atoms with E-state index in [0.717, 1.165) is 16.4 Å². The van der Waals surface area contributed by atoms with Crippen molar-refractivity contribution < 1.29 is 21.8 Å². The van der Waals surface area contributed by atoms with Crippen molar-refractivity contribution in [3.05, 3.63) is 63.7 Å². The molecule has 0 atom stereocenters. The Hall–Kier alpha value is -2.17. The molecule has 26 heavy (non-hydrogen) atoms. The molecule has 2 aromatic rings. The molecule has 11 heteroatoms. The summed E-state index contributed by atoms with van der Waals surface area (Å²) in [6, 6.07) is 9.89. The fourth-order valence-corrected chi connectivity index (χ4v) is 6.24. The normalized spacial score (nSPS) is 16.7. The van der Waals surface area contributed by atoms with Crippen LogP contribution in [0.25, 0.3) is 0 Å². The number of halogens is 1. The number of anilines is 1. The standard InChI is InChI=1S/C15H13ClN2O6S2/c16-11-5-7-12(8-6-11)17(13-9-25(21,22)10-13)26(23,24)15-4-2-1-3-14(15)18(19)20/h1-8,13H,9-10H2. The number of nitrogens with zero attached hydrogens (tertiary/aromatic N) is 2. The van der Waals surface area contributed by atoms with Crippen molar-refractivity contribution in [3.8, 4) is 0 Å². The first kappa shape index (κ1) is 18.6. The van der Waals surface area contributed by atoms with Crippen LogP contribution in [-0.4, -0.2) is 39.3 Å². The summed E-state index contributed by atoms with van der Waals surface area (Å²) < 4.78 is 50.4. The van der Waals surface area contributed by atoms with Gasteiger partial charge in [0.2, 0.25) is 0 Å². The van der Waals surface area contributed by atoms with E-state index >= 15 is 0 Å². The van der Waals surface area contributed by atoms with Crippen LogP contribution < -0.4 is 4.31 Å². The predicted octanol–water partition coefficient (Wildman–Crippen LogP) is 2.24. The van der Waals surface area contributed by atoms with Crippen molar-refractivity contribution >= 4 is 42.8 Å². The van der Waals surface area contributed by atoms with Crippen molar-refractivity contribution in [1.29, 1.82) is 0 Å². The molecule has 0 radical (unpaired) electrons. The third kappa shape index (κ3) is 3.39. The number of sulfone groups is 1. The summed E-state index contributed by atoms with van der Waals surface area (Å²) in [5.41, 5.74) is -0.388. The van der Waals surface area contributed by atoms with Crippen molar-refractivity contribution in [2.24, 2.45) is 0 Å². The Morgan fingerprint density at radius 2 is 1.65 bits per heavy atom. The molecule has 0 N–H and O–H groups in total. The molecule has 1 aliphatic rings. The average Bonchev–Trinajstić information content (AvgIpc) is 2.55. The van der Waals surface area contributed by atoms with Crippen LogP contribution in [0.4, 0.5) is 11.4 Å². The Morgan fingerprint density at radius 3 is 2.19 bits per heavy atom. The first-order chi connectivity index (χ1) is 12.1. The molecule has 0 bridgehead atoms. The van der Waals surface area contributed by atoms with Crippen molar-refractivity contribution in [3.63, 3.8) is 0 Å². The molecular weight excluding hydrogens is 404 g/mol. The molecule has 2 aromatic carbocycles. The molecule has 0 saturated carbocycles. The van der Waals surface area contributed by atoms with Gasteiger partial charge in [-0.05, 0) is 30.3 Å². The Bertz CT molecular complexity index is 1060. The van der Waals surface area contributed by atoms with Gasteiger partial charge in [0.15, 0.2) is 14.7 Å². The number of nitro benzene ring substituents is 1. The lowest BCUT2D eigenvalue weighted by Crippen LogP contribution is -2.55. The second-order valence-corrected chi connectivity index (χ2v) is 10.1. The van der Waals surface area contributed by atoms with Gasteiger partial charge in [-0.2, -0.15) is 0 Å². The largest absolute Gasteiger partial charge is 0.289 e. The third-order valence-corrected chi connectivity index (χ3v) is 7.87. The van der Waals surface area contributed by atoms with E-state index < -0.39 is 41.4 Å². The van der Waals surface area contributed by atoms with E-state index in [4.69, 9.17) is 11.6 Å². The highest BCUT2D eigenvalue weighted by molar-refractivity contribution is 7.94. The number of sulfonamides is 1. The van der Waals surface area contributed by atoms with E-state index in [2.05, 4.69) is 0 Å². The predicted molar refractivity (Wildman–Crippen MR) is 96.7 cm³/mol. The van der Waals surface area contributed by atoms with Gasteiger partial charge in [0.25, 0.3) is 15.7 Å². The first-order valence-electron chi connectivity index (χ1n) is 7.36. The van der Waals surface area contributed by atoms with Gasteiger partial charge in [-0.3, -0.25) is 14.4 Å². The molecule has 0 spiro atoms. The number of hydrogen-bond donors (Lipinski definition) is 0. The van der Waals surface area contributed by atoms with E-state index in [9.17, 15) is 26.9 Å². The van der Waals surface area contributed by atoms with Crippen LogP contribution in [0.2, 0.25) is 5.02 Å². The van der Waals surface area contributed by atoms with E-state index in [-0.39, 0.29) is 17.2 Å². The fourth-order valence-electron chi connectivity index (χ4n) is 2.74. The number of nitro groups is 1. The van der Waals surface area contributed by atoms with Crippen LogP contribution in [-0.2, 0) is 19.9 Å². The quantitative estimate of drug-likeness (QED) is 0.545. The van der Waals surface area contributed by atoms with Gasteiger partial charge in [0.1, 0.15) is 0 Å². The summed E-state index contributed by atoms with van der Waals surface area (Å²) in [5.74, 6) is -0.703. The van der Waals surface area contributed by atoms with Crippen LogP contribution in [0.5, 0.6) is 0 Å². The molecule has 0 amide bonds. The highest BCUT2D eigenvalue weighted by Gasteiger charge is 2.45. The molecule has 1 saturated heterocycles. The van der Waals surface area contributed by atoms with E-state index in [1.807, 2.05) is 0 Å². The maximum Gasteiger partial charge on any atom is 0.289 e. The second-order valence-electron chi connectivity index (χ2n) is 5.73. The highest BCUT2D eigenvalue weighted by atomic mass is 35.5. The van der Waals surface area contributed by atoms with E-state index in [1.165, 1.54) is 36.4 Å². The maximum absolute atomic E-state index is 13.2. The SMILES string of the molecule is O=[N+]([O-])c1ccccc1S(=O)(=O)N(c1ccc(Cl)cc1)C1CS(=O)(=O)C1. The number of hydrogen-bond acceptors (Lipinski definition) is 6. The van der Waals surface area contributed by atoms with Crippen LogP contribution in [0, 0.1) is 10.1 Å². The first-order valence-corrected chi connectivity index (χ1v) is 11.0. The number of para-hydroxylation sites is 1. The average molecular weight is 417 g/mol. The molecule has 0 unspecified atom stereocenters. The van der Waals surface area contributed by atoms with Crippen molar-refractivity contribution in [2.45, 2.75) is 10.9 Å². The summed E-state index contributed by atoms with van der Waals surface area (Å²) in [5, 5.41) is 11.6. The summed E-state index contributed by atoms with van der Waals surface area (Å²) in [6.07, 6.45) is 0. The minimum Gasteiger partial charge on any atom is -0.261 e. The molecule has 3 rings (SSSR count). The number of benzene rings is 2. The van der Waals surface area contributed by atoms with Crippen LogP contribution in [0.15, 0.2) is 53.4 Å².